The first kappa shape index (κ1) is 20.0. The molecule has 0 unspecified atom stereocenters. The summed E-state index contributed by atoms with van der Waals surface area (Å²) in [6.07, 6.45) is 0.0123. The van der Waals surface area contributed by atoms with E-state index in [4.69, 9.17) is 4.74 Å². The van der Waals surface area contributed by atoms with Gasteiger partial charge >= 0.3 is 11.9 Å². The molecular weight excluding hydrogens is 358 g/mol. The number of carbonyl (C=O) groups excluding carboxylic acids is 3. The molecule has 0 spiro atoms. The van der Waals surface area contributed by atoms with E-state index >= 15 is 0 Å². The maximum atomic E-state index is 12.8. The fraction of sp³-hybridized carbons (Fsp3) is 0.444. The number of benzene rings is 1. The van der Waals surface area contributed by atoms with Crippen LogP contribution in [0.15, 0.2) is 30.3 Å². The molecule has 26 heavy (non-hydrogen) atoms. The van der Waals surface area contributed by atoms with Crippen LogP contribution in [0.1, 0.15) is 31.4 Å². The van der Waals surface area contributed by atoms with Gasteiger partial charge in [0.05, 0.1) is 19.1 Å². The number of carboxylic acids is 1. The van der Waals surface area contributed by atoms with Gasteiger partial charge in [-0.25, -0.2) is 4.79 Å². The van der Waals surface area contributed by atoms with Crippen molar-refractivity contribution in [2.45, 2.75) is 31.8 Å². The first-order valence-corrected chi connectivity index (χ1v) is 9.15. The van der Waals surface area contributed by atoms with Gasteiger partial charge in [-0.05, 0) is 12.0 Å². The van der Waals surface area contributed by atoms with E-state index < -0.39 is 35.8 Å². The Balaban J connectivity index is 2.36. The van der Waals surface area contributed by atoms with Crippen LogP contribution in [0.4, 0.5) is 0 Å². The number of carboxylic acid groups (broad SMARTS) is 1. The summed E-state index contributed by atoms with van der Waals surface area (Å²) < 4.78 is 4.84. The highest BCUT2D eigenvalue weighted by atomic mass is 32.2. The van der Waals surface area contributed by atoms with E-state index in [1.54, 1.807) is 30.3 Å². The maximum Gasteiger partial charge on any atom is 0.326 e. The van der Waals surface area contributed by atoms with Crippen molar-refractivity contribution in [3.05, 3.63) is 35.9 Å². The predicted octanol–water partition coefficient (Wildman–Crippen LogP) is 1.87. The lowest BCUT2D eigenvalue weighted by Crippen LogP contribution is -2.42. The molecule has 1 amide bonds. The quantitative estimate of drug-likeness (QED) is 0.753. The maximum absolute atomic E-state index is 12.8. The summed E-state index contributed by atoms with van der Waals surface area (Å²) in [6.45, 7) is 1.41. The Morgan fingerprint density at radius 1 is 1.23 bits per heavy atom. The summed E-state index contributed by atoms with van der Waals surface area (Å²) in [6, 6.07) is 7.04. The molecule has 1 heterocycles. The normalized spacial score (nSPS) is 22.1. The van der Waals surface area contributed by atoms with E-state index in [0.717, 1.165) is 11.8 Å². The number of likely N-dealkylation sites (tertiary alicyclic amines) is 1. The number of nitrogens with zero attached hydrogens (tertiary/aromatic N) is 1. The fourth-order valence-corrected chi connectivity index (χ4v) is 3.81. The molecule has 1 aromatic carbocycles. The number of aliphatic carboxylic acids is 1. The lowest BCUT2D eigenvalue weighted by atomic mass is 9.93. The molecule has 1 fully saturated rings. The zero-order valence-corrected chi connectivity index (χ0v) is 15.4. The van der Waals surface area contributed by atoms with Gasteiger partial charge in [0.15, 0.2) is 5.12 Å². The Morgan fingerprint density at radius 2 is 1.88 bits per heavy atom. The molecule has 2 rings (SSSR count). The third kappa shape index (κ3) is 4.43. The number of thioether (sulfide) groups is 1. The third-order valence-corrected chi connectivity index (χ3v) is 5.15. The fourth-order valence-electron chi connectivity index (χ4n) is 3.25. The van der Waals surface area contributed by atoms with Crippen molar-refractivity contribution in [1.29, 1.82) is 0 Å². The molecule has 1 aromatic rings. The second-order valence-electron chi connectivity index (χ2n) is 5.97. The summed E-state index contributed by atoms with van der Waals surface area (Å²) in [4.78, 5) is 49.1. The minimum Gasteiger partial charge on any atom is -0.480 e. The van der Waals surface area contributed by atoms with Crippen molar-refractivity contribution >= 4 is 34.7 Å². The predicted molar refractivity (Wildman–Crippen MR) is 95.3 cm³/mol. The minimum atomic E-state index is -1.16. The largest absolute Gasteiger partial charge is 0.480 e. The van der Waals surface area contributed by atoms with E-state index in [-0.39, 0.29) is 23.7 Å². The van der Waals surface area contributed by atoms with Crippen LogP contribution in [0.3, 0.4) is 0 Å². The SMILES string of the molecule is COC(=O)[C@H]1C[C@@H](C(=O)O)N(C(=O)CCSC(C)=O)[C@H]1c1ccccc1. The first-order chi connectivity index (χ1) is 12.4. The minimum absolute atomic E-state index is 0.00679. The average molecular weight is 379 g/mol. The van der Waals surface area contributed by atoms with E-state index in [1.807, 2.05) is 0 Å². The van der Waals surface area contributed by atoms with Gasteiger partial charge in [0.2, 0.25) is 5.91 Å². The number of methoxy groups -OCH3 is 1. The van der Waals surface area contributed by atoms with Crippen LogP contribution in [0, 0.1) is 5.92 Å². The Morgan fingerprint density at radius 3 is 2.42 bits per heavy atom. The molecule has 7 nitrogen and oxygen atoms in total. The smallest absolute Gasteiger partial charge is 0.326 e. The molecule has 3 atom stereocenters. The summed E-state index contributed by atoms with van der Waals surface area (Å²) in [5, 5.41) is 9.47. The van der Waals surface area contributed by atoms with Gasteiger partial charge in [0, 0.05) is 19.1 Å². The van der Waals surface area contributed by atoms with Crippen LogP contribution in [0.25, 0.3) is 0 Å². The molecule has 0 aromatic heterocycles. The van der Waals surface area contributed by atoms with Crippen LogP contribution >= 0.6 is 11.8 Å². The third-order valence-electron chi connectivity index (χ3n) is 4.33. The van der Waals surface area contributed by atoms with Crippen LogP contribution in [-0.2, 0) is 23.9 Å². The zero-order chi connectivity index (χ0) is 19.3. The molecule has 1 aliphatic rings. The summed E-state index contributed by atoms with van der Waals surface area (Å²) in [7, 11) is 1.24. The number of esters is 1. The Labute approximate surface area is 155 Å². The molecular formula is C18H21NO6S. The van der Waals surface area contributed by atoms with Crippen molar-refractivity contribution in [2.24, 2.45) is 5.92 Å². The Bertz CT molecular complexity index is 692. The molecule has 1 saturated heterocycles. The number of hydrogen-bond acceptors (Lipinski definition) is 6. The number of hydrogen-bond donors (Lipinski definition) is 1. The molecule has 0 saturated carbocycles. The van der Waals surface area contributed by atoms with E-state index in [2.05, 4.69) is 0 Å². The molecule has 0 aliphatic carbocycles. The number of carbonyl (C=O) groups is 4. The second-order valence-corrected chi connectivity index (χ2v) is 7.24. The van der Waals surface area contributed by atoms with Gasteiger partial charge in [0.25, 0.3) is 0 Å². The number of amides is 1. The molecule has 0 bridgehead atoms. The van der Waals surface area contributed by atoms with E-state index in [9.17, 15) is 24.3 Å². The topological polar surface area (TPSA) is 101 Å². The molecule has 1 aliphatic heterocycles. The van der Waals surface area contributed by atoms with Gasteiger partial charge in [-0.2, -0.15) is 0 Å². The van der Waals surface area contributed by atoms with Crippen molar-refractivity contribution in [3.63, 3.8) is 0 Å². The summed E-state index contributed by atoms with van der Waals surface area (Å²) in [5.74, 6) is -2.59. The molecule has 1 N–H and O–H groups in total. The summed E-state index contributed by atoms with van der Waals surface area (Å²) >= 11 is 1.01. The standard InChI is InChI=1S/C18H21NO6S/c1-11(20)26-9-8-15(21)19-14(17(22)23)10-13(18(24)25-2)16(19)12-6-4-3-5-7-12/h3-7,13-14,16H,8-10H2,1-2H3,(H,22,23)/t13-,14-,16-/m0/s1. The number of rotatable bonds is 6. The van der Waals surface area contributed by atoms with Gasteiger partial charge < -0.3 is 14.7 Å². The van der Waals surface area contributed by atoms with Crippen LogP contribution in [0.2, 0.25) is 0 Å². The van der Waals surface area contributed by atoms with Gasteiger partial charge in [-0.1, -0.05) is 42.1 Å². The van der Waals surface area contributed by atoms with Crippen LogP contribution in [0.5, 0.6) is 0 Å². The lowest BCUT2D eigenvalue weighted by Gasteiger charge is -2.30. The highest BCUT2D eigenvalue weighted by molar-refractivity contribution is 8.13. The average Bonchev–Trinajstić information content (AvgIpc) is 3.02. The summed E-state index contributed by atoms with van der Waals surface area (Å²) in [5.41, 5.74) is 0.680. The van der Waals surface area contributed by atoms with Crippen LogP contribution < -0.4 is 0 Å². The van der Waals surface area contributed by atoms with Gasteiger partial charge in [-0.15, -0.1) is 0 Å². The van der Waals surface area contributed by atoms with E-state index in [1.165, 1.54) is 18.9 Å². The molecule has 0 radical (unpaired) electrons. The highest BCUT2D eigenvalue weighted by Gasteiger charge is 2.50. The second kappa shape index (κ2) is 8.84. The van der Waals surface area contributed by atoms with Crippen molar-refractivity contribution in [2.75, 3.05) is 12.9 Å². The van der Waals surface area contributed by atoms with Crippen molar-refractivity contribution in [1.82, 2.24) is 4.90 Å². The van der Waals surface area contributed by atoms with Gasteiger partial charge in [-0.3, -0.25) is 14.4 Å². The highest BCUT2D eigenvalue weighted by Crippen LogP contribution is 2.42. The molecule has 140 valence electrons. The Hall–Kier alpha value is -2.35. The van der Waals surface area contributed by atoms with Crippen molar-refractivity contribution < 1.29 is 29.0 Å². The molecule has 8 heteroatoms. The monoisotopic (exact) mass is 379 g/mol. The number of ether oxygens (including phenoxy) is 1. The van der Waals surface area contributed by atoms with Crippen LogP contribution in [-0.4, -0.2) is 51.9 Å². The first-order valence-electron chi connectivity index (χ1n) is 8.17. The van der Waals surface area contributed by atoms with Gasteiger partial charge in [0.1, 0.15) is 6.04 Å². The van der Waals surface area contributed by atoms with E-state index in [0.29, 0.717) is 5.56 Å². The lowest BCUT2D eigenvalue weighted by molar-refractivity contribution is -0.150. The Kier molecular flexibility index (Phi) is 6.79. The van der Waals surface area contributed by atoms with Crippen molar-refractivity contribution in [3.8, 4) is 0 Å². The zero-order valence-electron chi connectivity index (χ0n) is 14.6.